The number of rotatable bonds is 1. The Morgan fingerprint density at radius 2 is 1.75 bits per heavy atom. The zero-order valence-electron chi connectivity index (χ0n) is 8.43. The maximum Gasteiger partial charge on any atom is 0.0693 e. The monoisotopic (exact) mass is 171 g/mol. The highest BCUT2D eigenvalue weighted by molar-refractivity contribution is 4.85. The van der Waals surface area contributed by atoms with Gasteiger partial charge in [-0.3, -0.25) is 0 Å². The second kappa shape index (κ2) is 3.75. The molecule has 1 rings (SSSR count). The highest BCUT2D eigenvalue weighted by Crippen LogP contribution is 2.20. The van der Waals surface area contributed by atoms with Crippen LogP contribution in [0.2, 0.25) is 0 Å². The lowest BCUT2D eigenvalue weighted by Crippen LogP contribution is -2.50. The third-order valence-electron chi connectivity index (χ3n) is 2.35. The highest BCUT2D eigenvalue weighted by Gasteiger charge is 2.26. The van der Waals surface area contributed by atoms with E-state index in [2.05, 4.69) is 26.1 Å². The van der Waals surface area contributed by atoms with Crippen LogP contribution in [0.4, 0.5) is 0 Å². The molecule has 1 fully saturated rings. The van der Waals surface area contributed by atoms with Crippen molar-refractivity contribution in [3.63, 3.8) is 0 Å². The van der Waals surface area contributed by atoms with Gasteiger partial charge in [0.2, 0.25) is 0 Å². The van der Waals surface area contributed by atoms with E-state index in [0.29, 0.717) is 6.04 Å². The summed E-state index contributed by atoms with van der Waals surface area (Å²) in [5.41, 5.74) is 0.128. The molecular formula is C10H21NO. The summed E-state index contributed by atoms with van der Waals surface area (Å²) in [6.07, 6.45) is 4.40. The standard InChI is InChI=1S/C10H21NO/c1-10(2,3)11-8-6-4-5-7-9(8)12/h8-9,11-12H,4-7H2,1-3H3/t8?,9-/m1/s1. The van der Waals surface area contributed by atoms with Gasteiger partial charge in [0.05, 0.1) is 6.10 Å². The van der Waals surface area contributed by atoms with Gasteiger partial charge in [0.1, 0.15) is 0 Å². The molecule has 0 aliphatic heterocycles. The Balaban J connectivity index is 2.39. The zero-order chi connectivity index (χ0) is 9.19. The maximum atomic E-state index is 9.67. The molecule has 0 aromatic heterocycles. The predicted molar refractivity (Wildman–Crippen MR) is 51.2 cm³/mol. The molecule has 0 amide bonds. The molecule has 1 saturated carbocycles. The highest BCUT2D eigenvalue weighted by atomic mass is 16.3. The van der Waals surface area contributed by atoms with Crippen LogP contribution in [0.5, 0.6) is 0 Å². The second-order valence-electron chi connectivity index (χ2n) is 4.85. The van der Waals surface area contributed by atoms with Crippen LogP contribution in [0, 0.1) is 0 Å². The molecule has 12 heavy (non-hydrogen) atoms. The quantitative estimate of drug-likeness (QED) is 0.629. The van der Waals surface area contributed by atoms with Gasteiger partial charge in [-0.1, -0.05) is 12.8 Å². The molecule has 2 N–H and O–H groups in total. The van der Waals surface area contributed by atoms with E-state index in [1.54, 1.807) is 0 Å². The summed E-state index contributed by atoms with van der Waals surface area (Å²) in [6.45, 7) is 6.44. The summed E-state index contributed by atoms with van der Waals surface area (Å²) in [6, 6.07) is 0.318. The van der Waals surface area contributed by atoms with E-state index in [4.69, 9.17) is 0 Å². The number of aliphatic hydroxyl groups is 1. The Morgan fingerprint density at radius 3 is 2.25 bits per heavy atom. The molecule has 1 aliphatic carbocycles. The maximum absolute atomic E-state index is 9.67. The van der Waals surface area contributed by atoms with E-state index in [-0.39, 0.29) is 11.6 Å². The van der Waals surface area contributed by atoms with Gasteiger partial charge < -0.3 is 10.4 Å². The van der Waals surface area contributed by atoms with Crippen LogP contribution < -0.4 is 5.32 Å². The predicted octanol–water partition coefficient (Wildman–Crippen LogP) is 1.68. The SMILES string of the molecule is CC(C)(C)NC1CCCC[C@H]1O. The van der Waals surface area contributed by atoms with E-state index in [1.165, 1.54) is 12.8 Å². The van der Waals surface area contributed by atoms with Gasteiger partial charge in [0.25, 0.3) is 0 Å². The summed E-state index contributed by atoms with van der Waals surface area (Å²) >= 11 is 0. The molecule has 0 radical (unpaired) electrons. The Bertz CT molecular complexity index is 139. The lowest BCUT2D eigenvalue weighted by molar-refractivity contribution is 0.0781. The molecular weight excluding hydrogens is 150 g/mol. The van der Waals surface area contributed by atoms with Crippen molar-refractivity contribution in [1.82, 2.24) is 5.32 Å². The molecule has 2 heteroatoms. The molecule has 0 aromatic rings. The van der Waals surface area contributed by atoms with Crippen LogP contribution in [0.1, 0.15) is 46.5 Å². The van der Waals surface area contributed by atoms with Gasteiger partial charge in [0.15, 0.2) is 0 Å². The van der Waals surface area contributed by atoms with Crippen molar-refractivity contribution in [2.45, 2.75) is 64.1 Å². The van der Waals surface area contributed by atoms with Crippen LogP contribution in [0.3, 0.4) is 0 Å². The minimum absolute atomic E-state index is 0.127. The fourth-order valence-electron chi connectivity index (χ4n) is 1.84. The van der Waals surface area contributed by atoms with Gasteiger partial charge in [-0.25, -0.2) is 0 Å². The molecule has 72 valence electrons. The van der Waals surface area contributed by atoms with Gasteiger partial charge in [-0.2, -0.15) is 0 Å². The number of hydrogen-bond donors (Lipinski definition) is 2. The van der Waals surface area contributed by atoms with Crippen LogP contribution in [-0.4, -0.2) is 22.8 Å². The summed E-state index contributed by atoms with van der Waals surface area (Å²) < 4.78 is 0. The summed E-state index contributed by atoms with van der Waals surface area (Å²) in [5, 5.41) is 13.1. The van der Waals surface area contributed by atoms with Crippen molar-refractivity contribution >= 4 is 0 Å². The number of hydrogen-bond acceptors (Lipinski definition) is 2. The molecule has 0 heterocycles. The van der Waals surface area contributed by atoms with Crippen LogP contribution in [-0.2, 0) is 0 Å². The first-order valence-corrected chi connectivity index (χ1v) is 4.95. The van der Waals surface area contributed by atoms with Crippen LogP contribution >= 0.6 is 0 Å². The minimum Gasteiger partial charge on any atom is -0.392 e. The molecule has 0 saturated heterocycles. The fraction of sp³-hybridized carbons (Fsp3) is 1.00. The average molecular weight is 171 g/mol. The van der Waals surface area contributed by atoms with E-state index in [1.807, 2.05) is 0 Å². The third kappa shape index (κ3) is 3.11. The second-order valence-corrected chi connectivity index (χ2v) is 4.85. The Hall–Kier alpha value is -0.0800. The van der Waals surface area contributed by atoms with E-state index < -0.39 is 0 Å². The lowest BCUT2D eigenvalue weighted by Gasteiger charge is -2.34. The van der Waals surface area contributed by atoms with Crippen LogP contribution in [0.15, 0.2) is 0 Å². The van der Waals surface area contributed by atoms with Crippen molar-refractivity contribution < 1.29 is 5.11 Å². The summed E-state index contributed by atoms with van der Waals surface area (Å²) in [4.78, 5) is 0. The number of aliphatic hydroxyl groups excluding tert-OH is 1. The summed E-state index contributed by atoms with van der Waals surface area (Å²) in [7, 11) is 0. The Morgan fingerprint density at radius 1 is 1.17 bits per heavy atom. The van der Waals surface area contributed by atoms with Crippen molar-refractivity contribution in [2.75, 3.05) is 0 Å². The largest absolute Gasteiger partial charge is 0.392 e. The van der Waals surface area contributed by atoms with Gasteiger partial charge in [-0.15, -0.1) is 0 Å². The molecule has 0 spiro atoms. The lowest BCUT2D eigenvalue weighted by atomic mass is 9.91. The minimum atomic E-state index is -0.127. The first kappa shape index (κ1) is 10.0. The first-order valence-electron chi connectivity index (χ1n) is 4.95. The van der Waals surface area contributed by atoms with E-state index in [9.17, 15) is 5.11 Å². The normalized spacial score (nSPS) is 32.0. The molecule has 0 bridgehead atoms. The topological polar surface area (TPSA) is 32.3 Å². The molecule has 1 unspecified atom stereocenters. The van der Waals surface area contributed by atoms with Crippen molar-refractivity contribution in [3.05, 3.63) is 0 Å². The van der Waals surface area contributed by atoms with Crippen molar-refractivity contribution in [2.24, 2.45) is 0 Å². The van der Waals surface area contributed by atoms with Crippen LogP contribution in [0.25, 0.3) is 0 Å². The molecule has 1 aliphatic rings. The average Bonchev–Trinajstić information content (AvgIpc) is 1.91. The smallest absolute Gasteiger partial charge is 0.0693 e. The Labute approximate surface area is 75.4 Å². The molecule has 0 aromatic carbocycles. The molecule has 2 nitrogen and oxygen atoms in total. The van der Waals surface area contributed by atoms with E-state index in [0.717, 1.165) is 12.8 Å². The third-order valence-corrected chi connectivity index (χ3v) is 2.35. The van der Waals surface area contributed by atoms with Crippen molar-refractivity contribution in [3.8, 4) is 0 Å². The fourth-order valence-corrected chi connectivity index (χ4v) is 1.84. The number of nitrogens with one attached hydrogen (secondary N) is 1. The van der Waals surface area contributed by atoms with Gasteiger partial charge in [-0.05, 0) is 33.6 Å². The molecule has 2 atom stereocenters. The van der Waals surface area contributed by atoms with E-state index >= 15 is 0 Å². The van der Waals surface area contributed by atoms with Gasteiger partial charge in [0, 0.05) is 11.6 Å². The van der Waals surface area contributed by atoms with Gasteiger partial charge >= 0.3 is 0 Å². The first-order chi connectivity index (χ1) is 5.49. The zero-order valence-corrected chi connectivity index (χ0v) is 8.43. The van der Waals surface area contributed by atoms with Crippen molar-refractivity contribution in [1.29, 1.82) is 0 Å². The Kier molecular flexibility index (Phi) is 3.13. The summed E-state index contributed by atoms with van der Waals surface area (Å²) in [5.74, 6) is 0.